The molecule has 0 fully saturated rings. The van der Waals surface area contributed by atoms with Gasteiger partial charge >= 0.3 is 5.97 Å². The van der Waals surface area contributed by atoms with E-state index in [1.54, 1.807) is 10.9 Å². The molecule has 0 bridgehead atoms. The molecule has 2 aromatic heterocycles. The highest BCUT2D eigenvalue weighted by Gasteiger charge is 2.15. The molecule has 3 aromatic rings. The lowest BCUT2D eigenvalue weighted by molar-refractivity contribution is -0.133. The zero-order valence-electron chi connectivity index (χ0n) is 11.0. The SMILES string of the molecule is Cn1cc(-n2c(SCC(=O)O)nc3cc(I)ccc32)cn1. The molecule has 0 spiro atoms. The first kappa shape index (κ1) is 14.4. The minimum Gasteiger partial charge on any atom is -0.481 e. The average Bonchev–Trinajstić information content (AvgIpc) is 2.98. The number of hydrogen-bond acceptors (Lipinski definition) is 4. The maximum absolute atomic E-state index is 10.8. The van der Waals surface area contributed by atoms with Gasteiger partial charge in [-0.05, 0) is 40.8 Å². The topological polar surface area (TPSA) is 72.9 Å². The molecule has 0 radical (unpaired) electrons. The molecule has 0 unspecified atom stereocenters. The summed E-state index contributed by atoms with van der Waals surface area (Å²) in [5, 5.41) is 13.7. The number of fused-ring (bicyclic) bond motifs is 1. The maximum atomic E-state index is 10.8. The number of carbonyl (C=O) groups is 1. The summed E-state index contributed by atoms with van der Waals surface area (Å²) in [5.74, 6) is -0.889. The van der Waals surface area contributed by atoms with Crippen LogP contribution in [0.4, 0.5) is 0 Å². The Bertz CT molecular complexity index is 827. The summed E-state index contributed by atoms with van der Waals surface area (Å²) in [5.41, 5.74) is 2.66. The molecule has 1 N–H and O–H groups in total. The van der Waals surface area contributed by atoms with Gasteiger partial charge in [0.05, 0.1) is 28.7 Å². The molecule has 0 saturated carbocycles. The van der Waals surface area contributed by atoms with E-state index in [0.717, 1.165) is 20.3 Å². The van der Waals surface area contributed by atoms with Crippen LogP contribution in [0.25, 0.3) is 16.7 Å². The first-order valence-corrected chi connectivity index (χ1v) is 8.12. The van der Waals surface area contributed by atoms with E-state index in [-0.39, 0.29) is 5.75 Å². The zero-order chi connectivity index (χ0) is 15.0. The number of thioether (sulfide) groups is 1. The van der Waals surface area contributed by atoms with Crippen molar-refractivity contribution < 1.29 is 9.90 Å². The third kappa shape index (κ3) is 2.91. The number of aryl methyl sites for hydroxylation is 1. The normalized spacial score (nSPS) is 11.1. The molecule has 3 rings (SSSR count). The summed E-state index contributed by atoms with van der Waals surface area (Å²) >= 11 is 3.44. The number of carboxylic acids is 1. The Hall–Kier alpha value is -1.55. The van der Waals surface area contributed by atoms with Gasteiger partial charge in [-0.25, -0.2) is 4.98 Å². The van der Waals surface area contributed by atoms with Gasteiger partial charge in [-0.3, -0.25) is 14.0 Å². The molecule has 6 nitrogen and oxygen atoms in total. The van der Waals surface area contributed by atoms with E-state index in [0.29, 0.717) is 5.16 Å². The van der Waals surface area contributed by atoms with Gasteiger partial charge in [0.15, 0.2) is 5.16 Å². The minimum atomic E-state index is -0.862. The fourth-order valence-electron chi connectivity index (χ4n) is 2.03. The molecule has 108 valence electrons. The van der Waals surface area contributed by atoms with Crippen LogP contribution in [0, 0.1) is 3.57 Å². The monoisotopic (exact) mass is 414 g/mol. The van der Waals surface area contributed by atoms with Crippen molar-refractivity contribution in [3.63, 3.8) is 0 Å². The summed E-state index contributed by atoms with van der Waals surface area (Å²) in [7, 11) is 1.84. The lowest BCUT2D eigenvalue weighted by atomic mass is 10.3. The van der Waals surface area contributed by atoms with Crippen LogP contribution in [0.2, 0.25) is 0 Å². The molecule has 2 heterocycles. The van der Waals surface area contributed by atoms with Crippen molar-refractivity contribution in [1.82, 2.24) is 19.3 Å². The van der Waals surface area contributed by atoms with E-state index in [9.17, 15) is 4.79 Å². The number of benzene rings is 1. The van der Waals surface area contributed by atoms with Crippen molar-refractivity contribution in [2.75, 3.05) is 5.75 Å². The quantitative estimate of drug-likeness (QED) is 0.525. The third-order valence-corrected chi connectivity index (χ3v) is 4.45. The van der Waals surface area contributed by atoms with Crippen LogP contribution in [0.1, 0.15) is 0 Å². The van der Waals surface area contributed by atoms with Crippen LogP contribution < -0.4 is 0 Å². The number of aromatic nitrogens is 4. The average molecular weight is 414 g/mol. The van der Waals surface area contributed by atoms with Gasteiger partial charge in [0.1, 0.15) is 0 Å². The number of halogens is 1. The summed E-state index contributed by atoms with van der Waals surface area (Å²) in [4.78, 5) is 15.4. The lowest BCUT2D eigenvalue weighted by Gasteiger charge is -2.05. The van der Waals surface area contributed by atoms with Gasteiger partial charge in [-0.15, -0.1) is 0 Å². The maximum Gasteiger partial charge on any atom is 0.313 e. The van der Waals surface area contributed by atoms with E-state index in [2.05, 4.69) is 32.7 Å². The second-order valence-corrected chi connectivity index (χ2v) is 6.61. The standard InChI is InChI=1S/C13H11IN4O2S/c1-17-6-9(5-15-17)18-11-3-2-8(14)4-10(11)16-13(18)21-7-12(19)20/h2-6H,7H2,1H3,(H,19,20). The molecular formula is C13H11IN4O2S. The predicted molar refractivity (Wildman–Crippen MR) is 88.9 cm³/mol. The van der Waals surface area contributed by atoms with Gasteiger partial charge in [0.25, 0.3) is 0 Å². The van der Waals surface area contributed by atoms with Crippen LogP contribution in [0.15, 0.2) is 35.7 Å². The second-order valence-electron chi connectivity index (χ2n) is 4.42. The summed E-state index contributed by atoms with van der Waals surface area (Å²) in [6, 6.07) is 5.97. The third-order valence-electron chi connectivity index (χ3n) is 2.86. The van der Waals surface area contributed by atoms with Crippen LogP contribution in [-0.4, -0.2) is 36.2 Å². The van der Waals surface area contributed by atoms with Crippen molar-refractivity contribution in [2.24, 2.45) is 7.05 Å². The Kier molecular flexibility index (Phi) is 3.89. The highest BCUT2D eigenvalue weighted by molar-refractivity contribution is 14.1. The van der Waals surface area contributed by atoms with Crippen molar-refractivity contribution in [3.8, 4) is 5.69 Å². The first-order chi connectivity index (χ1) is 10.0. The van der Waals surface area contributed by atoms with Crippen molar-refractivity contribution in [3.05, 3.63) is 34.2 Å². The number of imidazole rings is 1. The molecule has 0 saturated heterocycles. The molecule has 21 heavy (non-hydrogen) atoms. The fraction of sp³-hybridized carbons (Fsp3) is 0.154. The summed E-state index contributed by atoms with van der Waals surface area (Å²) in [6.45, 7) is 0. The molecule has 0 amide bonds. The van der Waals surface area contributed by atoms with Gasteiger partial charge < -0.3 is 5.11 Å². The number of hydrogen-bond donors (Lipinski definition) is 1. The van der Waals surface area contributed by atoms with Crippen LogP contribution in [0.3, 0.4) is 0 Å². The first-order valence-electron chi connectivity index (χ1n) is 6.06. The molecule has 8 heteroatoms. The van der Waals surface area contributed by atoms with Crippen molar-refractivity contribution in [2.45, 2.75) is 5.16 Å². The Labute approximate surface area is 138 Å². The molecule has 1 aromatic carbocycles. The van der Waals surface area contributed by atoms with Crippen molar-refractivity contribution in [1.29, 1.82) is 0 Å². The highest BCUT2D eigenvalue weighted by Crippen LogP contribution is 2.28. The van der Waals surface area contributed by atoms with Gasteiger partial charge in [-0.2, -0.15) is 5.10 Å². The minimum absolute atomic E-state index is 0.0271. The number of aliphatic carboxylic acids is 1. The van der Waals surface area contributed by atoms with Crippen molar-refractivity contribution >= 4 is 51.4 Å². The van der Waals surface area contributed by atoms with E-state index in [1.165, 1.54) is 11.8 Å². The number of rotatable bonds is 4. The second kappa shape index (κ2) is 5.68. The molecule has 0 aliphatic carbocycles. The molecular weight excluding hydrogens is 403 g/mol. The van der Waals surface area contributed by atoms with E-state index < -0.39 is 5.97 Å². The molecule has 0 atom stereocenters. The van der Waals surface area contributed by atoms with Gasteiger partial charge in [0.2, 0.25) is 0 Å². The zero-order valence-corrected chi connectivity index (χ0v) is 14.0. The van der Waals surface area contributed by atoms with Crippen LogP contribution in [0.5, 0.6) is 0 Å². The lowest BCUT2D eigenvalue weighted by Crippen LogP contribution is -2.01. The van der Waals surface area contributed by atoms with E-state index in [1.807, 2.05) is 36.0 Å². The fourth-order valence-corrected chi connectivity index (χ4v) is 3.25. The Morgan fingerprint density at radius 1 is 1.48 bits per heavy atom. The Morgan fingerprint density at radius 3 is 2.95 bits per heavy atom. The largest absolute Gasteiger partial charge is 0.481 e. The smallest absolute Gasteiger partial charge is 0.313 e. The van der Waals surface area contributed by atoms with Crippen LogP contribution in [-0.2, 0) is 11.8 Å². The Balaban J connectivity index is 2.17. The van der Waals surface area contributed by atoms with Gasteiger partial charge in [-0.1, -0.05) is 11.8 Å². The van der Waals surface area contributed by atoms with E-state index >= 15 is 0 Å². The molecule has 0 aliphatic rings. The Morgan fingerprint density at radius 2 is 2.29 bits per heavy atom. The summed E-state index contributed by atoms with van der Waals surface area (Å²) < 4.78 is 4.73. The van der Waals surface area contributed by atoms with E-state index in [4.69, 9.17) is 5.11 Å². The number of carboxylic acid groups (broad SMARTS) is 1. The number of nitrogens with zero attached hydrogens (tertiary/aromatic N) is 4. The van der Waals surface area contributed by atoms with Crippen LogP contribution >= 0.6 is 34.4 Å². The molecule has 0 aliphatic heterocycles. The predicted octanol–water partition coefficient (Wildman–Crippen LogP) is 2.54. The highest BCUT2D eigenvalue weighted by atomic mass is 127. The van der Waals surface area contributed by atoms with Gasteiger partial charge in [0, 0.05) is 16.8 Å². The summed E-state index contributed by atoms with van der Waals surface area (Å²) in [6.07, 6.45) is 3.62.